The van der Waals surface area contributed by atoms with Gasteiger partial charge in [0.15, 0.2) is 17.1 Å². The van der Waals surface area contributed by atoms with Crippen molar-refractivity contribution in [3.63, 3.8) is 0 Å². The molecule has 1 heterocycles. The molecule has 0 aliphatic rings. The molecular formula is C11H15N2O+. The average molecular weight is 191 g/mol. The van der Waals surface area contributed by atoms with E-state index in [0.29, 0.717) is 0 Å². The van der Waals surface area contributed by atoms with Gasteiger partial charge in [-0.05, 0) is 26.0 Å². The van der Waals surface area contributed by atoms with Gasteiger partial charge in [0.25, 0.3) is 5.82 Å². The van der Waals surface area contributed by atoms with Gasteiger partial charge < -0.3 is 5.11 Å². The Kier molecular flexibility index (Phi) is 2.25. The highest BCUT2D eigenvalue weighted by atomic mass is 16.3. The summed E-state index contributed by atoms with van der Waals surface area (Å²) in [5, 5.41) is 9.58. The minimum absolute atomic E-state index is 0.456. The van der Waals surface area contributed by atoms with Crippen LogP contribution < -0.4 is 4.57 Å². The number of aliphatic hydroxyl groups excluding tert-OH is 1. The number of aromatic amines is 1. The Bertz CT molecular complexity index is 445. The van der Waals surface area contributed by atoms with Crippen molar-refractivity contribution in [2.45, 2.75) is 26.5 Å². The van der Waals surface area contributed by atoms with Gasteiger partial charge in [0.2, 0.25) is 0 Å². The summed E-state index contributed by atoms with van der Waals surface area (Å²) in [5.41, 5.74) is 2.22. The van der Waals surface area contributed by atoms with E-state index in [-0.39, 0.29) is 0 Å². The minimum atomic E-state index is -0.456. The number of aromatic nitrogens is 2. The largest absolute Gasteiger partial charge is 0.381 e. The first-order valence-electron chi connectivity index (χ1n) is 4.92. The van der Waals surface area contributed by atoms with Gasteiger partial charge >= 0.3 is 0 Å². The molecule has 3 heteroatoms. The zero-order valence-electron chi connectivity index (χ0n) is 8.49. The molecule has 0 fully saturated rings. The summed E-state index contributed by atoms with van der Waals surface area (Å²) >= 11 is 0. The number of nitrogens with zero attached hydrogens (tertiary/aromatic N) is 1. The molecule has 0 aliphatic carbocycles. The highest BCUT2D eigenvalue weighted by Gasteiger charge is 2.20. The third-order valence-electron chi connectivity index (χ3n) is 2.46. The zero-order valence-corrected chi connectivity index (χ0v) is 8.49. The van der Waals surface area contributed by atoms with Crippen LogP contribution in [0.15, 0.2) is 24.3 Å². The minimum Gasteiger partial charge on any atom is -0.381 e. The highest BCUT2D eigenvalue weighted by Crippen LogP contribution is 2.13. The van der Waals surface area contributed by atoms with E-state index >= 15 is 0 Å². The van der Waals surface area contributed by atoms with Gasteiger partial charge in [0.05, 0.1) is 6.54 Å². The highest BCUT2D eigenvalue weighted by molar-refractivity contribution is 5.71. The number of hydrogen-bond donors (Lipinski definition) is 2. The molecule has 0 radical (unpaired) electrons. The van der Waals surface area contributed by atoms with E-state index in [4.69, 9.17) is 0 Å². The van der Waals surface area contributed by atoms with Crippen LogP contribution in [0.2, 0.25) is 0 Å². The van der Waals surface area contributed by atoms with Gasteiger partial charge in [0.1, 0.15) is 0 Å². The first kappa shape index (κ1) is 9.21. The van der Waals surface area contributed by atoms with Crippen LogP contribution in [0, 0.1) is 0 Å². The first-order valence-corrected chi connectivity index (χ1v) is 4.92. The van der Waals surface area contributed by atoms with Crippen LogP contribution >= 0.6 is 0 Å². The molecule has 0 aliphatic heterocycles. The predicted molar refractivity (Wildman–Crippen MR) is 54.8 cm³/mol. The molecule has 3 nitrogen and oxygen atoms in total. The molecular weight excluding hydrogens is 176 g/mol. The normalized spacial score (nSPS) is 13.4. The number of nitrogens with one attached hydrogen (secondary N) is 1. The summed E-state index contributed by atoms with van der Waals surface area (Å²) < 4.78 is 2.10. The second kappa shape index (κ2) is 3.42. The fourth-order valence-corrected chi connectivity index (χ4v) is 1.82. The molecule has 1 aromatic carbocycles. The molecule has 14 heavy (non-hydrogen) atoms. The second-order valence-electron chi connectivity index (χ2n) is 3.45. The van der Waals surface area contributed by atoms with Gasteiger partial charge in [-0.25, -0.2) is 9.55 Å². The average Bonchev–Trinajstić information content (AvgIpc) is 2.56. The van der Waals surface area contributed by atoms with Crippen LogP contribution in [0.25, 0.3) is 11.0 Å². The Morgan fingerprint density at radius 1 is 1.43 bits per heavy atom. The van der Waals surface area contributed by atoms with Crippen LogP contribution in [0.4, 0.5) is 0 Å². The van der Waals surface area contributed by atoms with E-state index < -0.39 is 6.10 Å². The van der Waals surface area contributed by atoms with Crippen molar-refractivity contribution in [2.75, 3.05) is 0 Å². The molecule has 0 spiro atoms. The molecule has 2 rings (SSSR count). The van der Waals surface area contributed by atoms with Crippen LogP contribution in [0.1, 0.15) is 25.8 Å². The summed E-state index contributed by atoms with van der Waals surface area (Å²) in [6.07, 6.45) is -0.456. The van der Waals surface area contributed by atoms with Gasteiger partial charge in [0, 0.05) is 0 Å². The lowest BCUT2D eigenvalue weighted by atomic mass is 10.3. The van der Waals surface area contributed by atoms with E-state index in [2.05, 4.69) is 22.5 Å². The molecule has 2 aromatic rings. The lowest BCUT2D eigenvalue weighted by molar-refractivity contribution is -0.678. The number of aliphatic hydroxyl groups is 1. The van der Waals surface area contributed by atoms with Gasteiger partial charge in [-0.3, -0.25) is 0 Å². The predicted octanol–water partition coefficient (Wildman–Crippen LogP) is 1.53. The topological polar surface area (TPSA) is 39.9 Å². The van der Waals surface area contributed by atoms with Crippen molar-refractivity contribution in [3.8, 4) is 0 Å². The standard InChI is InChI=1S/C11H14N2O/c1-3-13-10-7-5-4-6-9(10)12-11(13)8(2)14/h4-8,14H,3H2,1-2H3/p+1. The maximum atomic E-state index is 9.58. The van der Waals surface area contributed by atoms with Crippen molar-refractivity contribution < 1.29 is 9.67 Å². The van der Waals surface area contributed by atoms with E-state index in [9.17, 15) is 5.11 Å². The Morgan fingerprint density at radius 2 is 2.14 bits per heavy atom. The third-order valence-corrected chi connectivity index (χ3v) is 2.46. The monoisotopic (exact) mass is 191 g/mol. The first-order chi connectivity index (χ1) is 6.74. The summed E-state index contributed by atoms with van der Waals surface area (Å²) in [6, 6.07) is 8.08. The van der Waals surface area contributed by atoms with E-state index in [1.54, 1.807) is 6.92 Å². The number of benzene rings is 1. The van der Waals surface area contributed by atoms with Crippen LogP contribution in [0.3, 0.4) is 0 Å². The van der Waals surface area contributed by atoms with Crippen molar-refractivity contribution >= 4 is 11.0 Å². The fraction of sp³-hybridized carbons (Fsp3) is 0.364. The number of hydrogen-bond acceptors (Lipinski definition) is 1. The Hall–Kier alpha value is -1.35. The number of fused-ring (bicyclic) bond motifs is 1. The quantitative estimate of drug-likeness (QED) is 0.694. The van der Waals surface area contributed by atoms with Crippen molar-refractivity contribution in [1.29, 1.82) is 0 Å². The number of para-hydroxylation sites is 2. The lowest BCUT2D eigenvalue weighted by Crippen LogP contribution is -2.36. The van der Waals surface area contributed by atoms with Crippen molar-refractivity contribution in [2.24, 2.45) is 0 Å². The van der Waals surface area contributed by atoms with Gasteiger partial charge in [-0.2, -0.15) is 0 Å². The molecule has 0 amide bonds. The Labute approximate surface area is 83.0 Å². The second-order valence-corrected chi connectivity index (χ2v) is 3.45. The van der Waals surface area contributed by atoms with Crippen molar-refractivity contribution in [3.05, 3.63) is 30.1 Å². The molecule has 1 unspecified atom stereocenters. The molecule has 1 atom stereocenters. The van der Waals surface area contributed by atoms with Crippen molar-refractivity contribution in [1.82, 2.24) is 4.98 Å². The Balaban J connectivity index is 2.72. The molecule has 2 N–H and O–H groups in total. The summed E-state index contributed by atoms with van der Waals surface area (Å²) in [5.74, 6) is 0.869. The number of aryl methyl sites for hydroxylation is 1. The van der Waals surface area contributed by atoms with E-state index in [0.717, 1.165) is 23.4 Å². The molecule has 0 saturated heterocycles. The maximum Gasteiger partial charge on any atom is 0.284 e. The van der Waals surface area contributed by atoms with Crippen LogP contribution in [-0.2, 0) is 6.54 Å². The Morgan fingerprint density at radius 3 is 2.79 bits per heavy atom. The number of H-pyrrole nitrogens is 1. The van der Waals surface area contributed by atoms with E-state index in [1.165, 1.54) is 0 Å². The SMILES string of the molecule is CC[n+]1c(C(C)O)[nH]c2ccccc21. The fourth-order valence-electron chi connectivity index (χ4n) is 1.82. The number of rotatable bonds is 2. The maximum absolute atomic E-state index is 9.58. The summed E-state index contributed by atoms with van der Waals surface area (Å²) in [7, 11) is 0. The number of imidazole rings is 1. The van der Waals surface area contributed by atoms with E-state index in [1.807, 2.05) is 18.2 Å². The summed E-state index contributed by atoms with van der Waals surface area (Å²) in [6.45, 7) is 4.72. The molecule has 1 aromatic heterocycles. The van der Waals surface area contributed by atoms with Gasteiger partial charge in [-0.15, -0.1) is 0 Å². The zero-order chi connectivity index (χ0) is 10.1. The molecule has 0 saturated carbocycles. The van der Waals surface area contributed by atoms with Crippen LogP contribution in [-0.4, -0.2) is 10.1 Å². The molecule has 74 valence electrons. The smallest absolute Gasteiger partial charge is 0.284 e. The third kappa shape index (κ3) is 1.30. The van der Waals surface area contributed by atoms with Gasteiger partial charge in [-0.1, -0.05) is 12.1 Å². The molecule has 0 bridgehead atoms. The lowest BCUT2D eigenvalue weighted by Gasteiger charge is -1.99. The summed E-state index contributed by atoms with van der Waals surface area (Å²) in [4.78, 5) is 3.23. The van der Waals surface area contributed by atoms with Crippen LogP contribution in [0.5, 0.6) is 0 Å².